The van der Waals surface area contributed by atoms with Gasteiger partial charge in [-0.05, 0) is 43.7 Å². The van der Waals surface area contributed by atoms with Gasteiger partial charge in [0.1, 0.15) is 17.8 Å². The van der Waals surface area contributed by atoms with E-state index >= 15 is 0 Å². The molecule has 1 aliphatic rings. The number of anilines is 2. The number of para-hydroxylation sites is 1. The summed E-state index contributed by atoms with van der Waals surface area (Å²) >= 11 is 0. The summed E-state index contributed by atoms with van der Waals surface area (Å²) in [5.41, 5.74) is 2.24. The third-order valence-corrected chi connectivity index (χ3v) is 4.27. The number of carbonyl (C=O) groups is 1. The fourth-order valence-electron chi connectivity index (χ4n) is 2.73. The highest BCUT2D eigenvalue weighted by Crippen LogP contribution is 2.31. The van der Waals surface area contributed by atoms with Crippen LogP contribution < -0.4 is 10.2 Å². The van der Waals surface area contributed by atoms with E-state index in [2.05, 4.69) is 27.1 Å². The van der Waals surface area contributed by atoms with Gasteiger partial charge < -0.3 is 10.2 Å². The van der Waals surface area contributed by atoms with E-state index in [4.69, 9.17) is 0 Å². The zero-order chi connectivity index (χ0) is 16.9. The summed E-state index contributed by atoms with van der Waals surface area (Å²) in [6, 6.07) is 9.53. The zero-order valence-corrected chi connectivity index (χ0v) is 14.3. The molecule has 2 aromatic rings. The van der Waals surface area contributed by atoms with Crippen LogP contribution in [-0.2, 0) is 0 Å². The number of hydrogen-bond donors (Lipinski definition) is 1. The molecule has 1 amide bonds. The van der Waals surface area contributed by atoms with Crippen molar-refractivity contribution < 1.29 is 4.79 Å². The van der Waals surface area contributed by atoms with Crippen molar-refractivity contribution in [2.24, 2.45) is 5.92 Å². The largest absolute Gasteiger partial charge is 0.356 e. The number of rotatable bonds is 7. The Hall–Kier alpha value is -2.43. The lowest BCUT2D eigenvalue weighted by atomic mass is 10.2. The molecule has 5 nitrogen and oxygen atoms in total. The maximum absolute atomic E-state index is 12.5. The second-order valence-electron chi connectivity index (χ2n) is 6.42. The normalized spacial score (nSPS) is 13.6. The lowest BCUT2D eigenvalue weighted by Crippen LogP contribution is -2.28. The second-order valence-corrected chi connectivity index (χ2v) is 6.42. The van der Waals surface area contributed by atoms with Gasteiger partial charge in [-0.25, -0.2) is 9.97 Å². The van der Waals surface area contributed by atoms with E-state index in [0.29, 0.717) is 5.69 Å². The molecule has 0 saturated heterocycles. The molecule has 1 heterocycles. The van der Waals surface area contributed by atoms with Gasteiger partial charge in [-0.1, -0.05) is 25.1 Å². The lowest BCUT2D eigenvalue weighted by Gasteiger charge is -2.23. The topological polar surface area (TPSA) is 58.1 Å². The minimum Gasteiger partial charge on any atom is -0.356 e. The molecule has 0 aliphatic heterocycles. The summed E-state index contributed by atoms with van der Waals surface area (Å²) in [6.07, 6.45) is 5.14. The number of aryl methyl sites for hydroxylation is 1. The van der Waals surface area contributed by atoms with Crippen LogP contribution in [0.5, 0.6) is 0 Å². The summed E-state index contributed by atoms with van der Waals surface area (Å²) in [5.74, 6) is 1.42. The first-order chi connectivity index (χ1) is 11.7. The average Bonchev–Trinajstić information content (AvgIpc) is 3.41. The predicted octanol–water partition coefficient (Wildman–Crippen LogP) is 3.66. The molecule has 0 bridgehead atoms. The van der Waals surface area contributed by atoms with E-state index in [-0.39, 0.29) is 5.91 Å². The monoisotopic (exact) mass is 324 g/mol. The van der Waals surface area contributed by atoms with Gasteiger partial charge in [-0.15, -0.1) is 0 Å². The van der Waals surface area contributed by atoms with Crippen molar-refractivity contribution in [2.75, 3.05) is 23.3 Å². The Labute approximate surface area is 143 Å². The highest BCUT2D eigenvalue weighted by atomic mass is 16.1. The first-order valence-corrected chi connectivity index (χ1v) is 8.61. The fourth-order valence-corrected chi connectivity index (χ4v) is 2.73. The molecule has 0 radical (unpaired) electrons. The van der Waals surface area contributed by atoms with Gasteiger partial charge in [0, 0.05) is 24.8 Å². The average molecular weight is 324 g/mol. The smallest absolute Gasteiger partial charge is 0.274 e. The molecule has 1 aromatic carbocycles. The van der Waals surface area contributed by atoms with Gasteiger partial charge in [-0.2, -0.15) is 0 Å². The first kappa shape index (κ1) is 16.4. The van der Waals surface area contributed by atoms with Crippen molar-refractivity contribution in [3.05, 3.63) is 47.9 Å². The number of amides is 1. The van der Waals surface area contributed by atoms with Gasteiger partial charge in [0.2, 0.25) is 0 Å². The Morgan fingerprint density at radius 3 is 2.79 bits per heavy atom. The van der Waals surface area contributed by atoms with E-state index in [1.807, 2.05) is 31.2 Å². The standard InChI is InChI=1S/C19H24N4O/c1-3-10-23(12-15-8-9-15)18-11-17(20-13-21-18)19(24)22-16-7-5-4-6-14(16)2/h4-7,11,13,15H,3,8-10,12H2,1-2H3,(H,22,24). The van der Waals surface area contributed by atoms with Crippen LogP contribution in [0.4, 0.5) is 11.5 Å². The van der Waals surface area contributed by atoms with Crippen LogP contribution in [0.3, 0.4) is 0 Å². The molecule has 3 rings (SSSR count). The third-order valence-electron chi connectivity index (χ3n) is 4.27. The maximum atomic E-state index is 12.5. The molecule has 0 spiro atoms. The van der Waals surface area contributed by atoms with Crippen molar-refractivity contribution in [1.82, 2.24) is 9.97 Å². The van der Waals surface area contributed by atoms with Crippen molar-refractivity contribution in [3.8, 4) is 0 Å². The number of nitrogens with zero attached hydrogens (tertiary/aromatic N) is 3. The Bertz CT molecular complexity index is 712. The van der Waals surface area contributed by atoms with E-state index in [0.717, 1.165) is 42.5 Å². The van der Waals surface area contributed by atoms with Gasteiger partial charge in [0.15, 0.2) is 0 Å². The molecular weight excluding hydrogens is 300 g/mol. The molecular formula is C19H24N4O. The molecule has 24 heavy (non-hydrogen) atoms. The van der Waals surface area contributed by atoms with Crippen molar-refractivity contribution >= 4 is 17.4 Å². The van der Waals surface area contributed by atoms with Crippen LogP contribution in [0.2, 0.25) is 0 Å². The van der Waals surface area contributed by atoms with Crippen LogP contribution in [0.15, 0.2) is 36.7 Å². The van der Waals surface area contributed by atoms with Crippen LogP contribution in [0.1, 0.15) is 42.2 Å². The summed E-state index contributed by atoms with van der Waals surface area (Å²) in [7, 11) is 0. The number of hydrogen-bond acceptors (Lipinski definition) is 4. The number of nitrogens with one attached hydrogen (secondary N) is 1. The van der Waals surface area contributed by atoms with E-state index in [1.165, 1.54) is 19.2 Å². The molecule has 1 fully saturated rings. The Kier molecular flexibility index (Phi) is 5.08. The number of benzene rings is 1. The van der Waals surface area contributed by atoms with Gasteiger partial charge in [-0.3, -0.25) is 4.79 Å². The Balaban J connectivity index is 1.76. The van der Waals surface area contributed by atoms with Crippen molar-refractivity contribution in [1.29, 1.82) is 0 Å². The highest BCUT2D eigenvalue weighted by molar-refractivity contribution is 6.03. The van der Waals surface area contributed by atoms with Crippen LogP contribution >= 0.6 is 0 Å². The lowest BCUT2D eigenvalue weighted by molar-refractivity contribution is 0.102. The maximum Gasteiger partial charge on any atom is 0.274 e. The predicted molar refractivity (Wildman–Crippen MR) is 96.4 cm³/mol. The van der Waals surface area contributed by atoms with Gasteiger partial charge in [0.05, 0.1) is 0 Å². The van der Waals surface area contributed by atoms with Gasteiger partial charge >= 0.3 is 0 Å². The Morgan fingerprint density at radius 2 is 2.08 bits per heavy atom. The van der Waals surface area contributed by atoms with E-state index in [1.54, 1.807) is 6.07 Å². The van der Waals surface area contributed by atoms with Crippen LogP contribution in [0, 0.1) is 12.8 Å². The summed E-state index contributed by atoms with van der Waals surface area (Å²) in [5, 5.41) is 2.93. The van der Waals surface area contributed by atoms with Crippen molar-refractivity contribution in [3.63, 3.8) is 0 Å². The molecule has 0 atom stereocenters. The number of carbonyl (C=O) groups excluding carboxylic acids is 1. The fraction of sp³-hybridized carbons (Fsp3) is 0.421. The first-order valence-electron chi connectivity index (χ1n) is 8.61. The van der Waals surface area contributed by atoms with E-state index < -0.39 is 0 Å². The van der Waals surface area contributed by atoms with Crippen LogP contribution in [-0.4, -0.2) is 29.0 Å². The molecule has 1 saturated carbocycles. The second kappa shape index (κ2) is 7.43. The molecule has 1 N–H and O–H groups in total. The number of aromatic nitrogens is 2. The minimum atomic E-state index is -0.198. The Morgan fingerprint density at radius 1 is 1.29 bits per heavy atom. The zero-order valence-electron chi connectivity index (χ0n) is 14.3. The summed E-state index contributed by atoms with van der Waals surface area (Å²) < 4.78 is 0. The minimum absolute atomic E-state index is 0.198. The van der Waals surface area contributed by atoms with Crippen LogP contribution in [0.25, 0.3) is 0 Å². The quantitative estimate of drug-likeness (QED) is 0.844. The molecule has 5 heteroatoms. The summed E-state index contributed by atoms with van der Waals surface area (Å²) in [4.78, 5) is 23.3. The van der Waals surface area contributed by atoms with Crippen molar-refractivity contribution in [2.45, 2.75) is 33.1 Å². The molecule has 0 unspecified atom stereocenters. The molecule has 1 aromatic heterocycles. The summed E-state index contributed by atoms with van der Waals surface area (Å²) in [6.45, 7) is 6.10. The molecule has 126 valence electrons. The van der Waals surface area contributed by atoms with Gasteiger partial charge in [0.25, 0.3) is 5.91 Å². The SMILES string of the molecule is CCCN(CC1CC1)c1cc(C(=O)Nc2ccccc2C)ncn1. The molecule has 1 aliphatic carbocycles. The third kappa shape index (κ3) is 4.10. The highest BCUT2D eigenvalue weighted by Gasteiger charge is 2.25. The van der Waals surface area contributed by atoms with E-state index in [9.17, 15) is 4.79 Å².